The topological polar surface area (TPSA) is 9.23 Å². The average Bonchev–Trinajstić information content (AvgIpc) is 2.11. The van der Waals surface area contributed by atoms with E-state index in [1.807, 2.05) is 6.92 Å². The van der Waals surface area contributed by atoms with Crippen LogP contribution in [-0.4, -0.2) is 6.61 Å². The summed E-state index contributed by atoms with van der Waals surface area (Å²) in [6, 6.07) is 6.28. The fourth-order valence-corrected chi connectivity index (χ4v) is 1.64. The van der Waals surface area contributed by atoms with Gasteiger partial charge in [-0.2, -0.15) is 0 Å². The van der Waals surface area contributed by atoms with Crippen LogP contribution in [0.4, 0.5) is 0 Å². The Labute approximate surface area is 87.1 Å². The summed E-state index contributed by atoms with van der Waals surface area (Å²) < 4.78 is 5.62. The number of hydrogen-bond donors (Lipinski definition) is 0. The summed E-state index contributed by atoms with van der Waals surface area (Å²) in [6.07, 6.45) is 1.10. The molecule has 0 aliphatic rings. The van der Waals surface area contributed by atoms with Gasteiger partial charge in [-0.3, -0.25) is 0 Å². The Hall–Kier alpha value is -0.980. The molecule has 0 saturated carbocycles. The second-order valence-corrected chi connectivity index (χ2v) is 4.08. The standard InChI is InChI=1S/C13H20O/c1-5-14-13-8-6-7-11(4)12(13)9-10(2)3/h6-8,10H,5,9H2,1-4H3. The van der Waals surface area contributed by atoms with Crippen LogP contribution in [-0.2, 0) is 6.42 Å². The van der Waals surface area contributed by atoms with Crippen LogP contribution >= 0.6 is 0 Å². The molecule has 0 unspecified atom stereocenters. The molecule has 0 aliphatic heterocycles. The average molecular weight is 192 g/mol. The molecular formula is C13H20O. The maximum absolute atomic E-state index is 5.62. The third-order valence-electron chi connectivity index (χ3n) is 2.28. The van der Waals surface area contributed by atoms with Crippen molar-refractivity contribution < 1.29 is 4.74 Å². The zero-order chi connectivity index (χ0) is 10.6. The molecule has 1 aromatic rings. The van der Waals surface area contributed by atoms with Gasteiger partial charge in [0.15, 0.2) is 0 Å². The van der Waals surface area contributed by atoms with Gasteiger partial charge in [0.1, 0.15) is 5.75 Å². The predicted octanol–water partition coefficient (Wildman–Crippen LogP) is 3.59. The number of rotatable bonds is 4. The molecule has 0 bridgehead atoms. The molecule has 0 spiro atoms. The quantitative estimate of drug-likeness (QED) is 0.708. The minimum absolute atomic E-state index is 0.676. The summed E-state index contributed by atoms with van der Waals surface area (Å²) in [6.45, 7) is 9.40. The Kier molecular flexibility index (Phi) is 3.99. The van der Waals surface area contributed by atoms with E-state index in [-0.39, 0.29) is 0 Å². The maximum atomic E-state index is 5.62. The first-order valence-electron chi connectivity index (χ1n) is 5.36. The lowest BCUT2D eigenvalue weighted by molar-refractivity contribution is 0.334. The fraction of sp³-hybridized carbons (Fsp3) is 0.538. The Morgan fingerprint density at radius 1 is 1.29 bits per heavy atom. The van der Waals surface area contributed by atoms with Gasteiger partial charge in [0.05, 0.1) is 6.61 Å². The smallest absolute Gasteiger partial charge is 0.122 e. The van der Waals surface area contributed by atoms with E-state index < -0.39 is 0 Å². The van der Waals surface area contributed by atoms with Crippen LogP contribution in [0.5, 0.6) is 5.75 Å². The minimum Gasteiger partial charge on any atom is -0.494 e. The van der Waals surface area contributed by atoms with Crippen LogP contribution in [0, 0.1) is 12.8 Å². The normalized spacial score (nSPS) is 10.6. The summed E-state index contributed by atoms with van der Waals surface area (Å²) in [5, 5.41) is 0. The van der Waals surface area contributed by atoms with Crippen molar-refractivity contribution in [1.82, 2.24) is 0 Å². The van der Waals surface area contributed by atoms with E-state index in [0.29, 0.717) is 5.92 Å². The van der Waals surface area contributed by atoms with E-state index in [4.69, 9.17) is 4.74 Å². The molecule has 1 rings (SSSR count). The minimum atomic E-state index is 0.676. The molecule has 0 N–H and O–H groups in total. The second kappa shape index (κ2) is 5.04. The molecule has 0 fully saturated rings. The van der Waals surface area contributed by atoms with Crippen LogP contribution in [0.15, 0.2) is 18.2 Å². The maximum Gasteiger partial charge on any atom is 0.122 e. The van der Waals surface area contributed by atoms with Gasteiger partial charge in [-0.25, -0.2) is 0 Å². The van der Waals surface area contributed by atoms with Crippen molar-refractivity contribution in [2.24, 2.45) is 5.92 Å². The highest BCUT2D eigenvalue weighted by Crippen LogP contribution is 2.24. The molecular weight excluding hydrogens is 172 g/mol. The molecule has 1 heteroatoms. The SMILES string of the molecule is CCOc1cccc(C)c1CC(C)C. The van der Waals surface area contributed by atoms with Crippen molar-refractivity contribution in [2.45, 2.75) is 34.1 Å². The summed E-state index contributed by atoms with van der Waals surface area (Å²) in [5.41, 5.74) is 2.70. The summed E-state index contributed by atoms with van der Waals surface area (Å²) in [5.74, 6) is 1.73. The van der Waals surface area contributed by atoms with Gasteiger partial charge >= 0.3 is 0 Å². The first-order valence-corrected chi connectivity index (χ1v) is 5.36. The van der Waals surface area contributed by atoms with Crippen molar-refractivity contribution in [3.63, 3.8) is 0 Å². The van der Waals surface area contributed by atoms with Crippen molar-refractivity contribution in [3.8, 4) is 5.75 Å². The van der Waals surface area contributed by atoms with E-state index in [1.165, 1.54) is 11.1 Å². The number of aryl methyl sites for hydroxylation is 1. The molecule has 0 saturated heterocycles. The van der Waals surface area contributed by atoms with E-state index in [9.17, 15) is 0 Å². The lowest BCUT2D eigenvalue weighted by atomic mass is 9.98. The zero-order valence-corrected chi connectivity index (χ0v) is 9.63. The monoisotopic (exact) mass is 192 g/mol. The fourth-order valence-electron chi connectivity index (χ4n) is 1.64. The zero-order valence-electron chi connectivity index (χ0n) is 9.63. The highest BCUT2D eigenvalue weighted by Gasteiger charge is 2.07. The van der Waals surface area contributed by atoms with Gasteiger partial charge in [0.25, 0.3) is 0 Å². The number of benzene rings is 1. The summed E-state index contributed by atoms with van der Waals surface area (Å²) >= 11 is 0. The third kappa shape index (κ3) is 2.76. The van der Waals surface area contributed by atoms with Crippen molar-refractivity contribution >= 4 is 0 Å². The van der Waals surface area contributed by atoms with E-state index in [2.05, 4.69) is 39.0 Å². The van der Waals surface area contributed by atoms with Gasteiger partial charge in [0.2, 0.25) is 0 Å². The Morgan fingerprint density at radius 3 is 2.57 bits per heavy atom. The molecule has 1 aromatic carbocycles. The van der Waals surface area contributed by atoms with Gasteiger partial charge in [-0.1, -0.05) is 26.0 Å². The van der Waals surface area contributed by atoms with E-state index >= 15 is 0 Å². The van der Waals surface area contributed by atoms with Crippen molar-refractivity contribution in [3.05, 3.63) is 29.3 Å². The highest BCUT2D eigenvalue weighted by atomic mass is 16.5. The lowest BCUT2D eigenvalue weighted by Gasteiger charge is -2.14. The number of ether oxygens (including phenoxy) is 1. The van der Waals surface area contributed by atoms with Gasteiger partial charge in [0, 0.05) is 0 Å². The predicted molar refractivity (Wildman–Crippen MR) is 60.9 cm³/mol. The van der Waals surface area contributed by atoms with Crippen LogP contribution in [0.1, 0.15) is 31.9 Å². The van der Waals surface area contributed by atoms with Crippen molar-refractivity contribution in [1.29, 1.82) is 0 Å². The van der Waals surface area contributed by atoms with Crippen LogP contribution in [0.3, 0.4) is 0 Å². The first kappa shape index (κ1) is 11.1. The lowest BCUT2D eigenvalue weighted by Crippen LogP contribution is -2.02. The Bertz CT molecular complexity index is 289. The Morgan fingerprint density at radius 2 is 2.00 bits per heavy atom. The number of hydrogen-bond acceptors (Lipinski definition) is 1. The van der Waals surface area contributed by atoms with E-state index in [1.54, 1.807) is 0 Å². The van der Waals surface area contributed by atoms with Gasteiger partial charge in [-0.05, 0) is 43.4 Å². The summed E-state index contributed by atoms with van der Waals surface area (Å²) in [7, 11) is 0. The van der Waals surface area contributed by atoms with Gasteiger partial charge in [-0.15, -0.1) is 0 Å². The van der Waals surface area contributed by atoms with Crippen LogP contribution in [0.2, 0.25) is 0 Å². The second-order valence-electron chi connectivity index (χ2n) is 4.08. The molecule has 1 nitrogen and oxygen atoms in total. The largest absolute Gasteiger partial charge is 0.494 e. The Balaban J connectivity index is 2.96. The van der Waals surface area contributed by atoms with Crippen LogP contribution in [0.25, 0.3) is 0 Å². The first-order chi connectivity index (χ1) is 6.65. The molecule has 0 heterocycles. The molecule has 0 aliphatic carbocycles. The van der Waals surface area contributed by atoms with Crippen LogP contribution < -0.4 is 4.74 Å². The highest BCUT2D eigenvalue weighted by molar-refractivity contribution is 5.39. The van der Waals surface area contributed by atoms with Gasteiger partial charge < -0.3 is 4.74 Å². The molecule has 0 amide bonds. The molecule has 14 heavy (non-hydrogen) atoms. The third-order valence-corrected chi connectivity index (χ3v) is 2.28. The molecule has 0 aromatic heterocycles. The summed E-state index contributed by atoms with van der Waals surface area (Å²) in [4.78, 5) is 0. The molecule has 0 radical (unpaired) electrons. The van der Waals surface area contributed by atoms with Crippen molar-refractivity contribution in [2.75, 3.05) is 6.61 Å². The van der Waals surface area contributed by atoms with E-state index in [0.717, 1.165) is 18.8 Å². The molecule has 78 valence electrons. The molecule has 0 atom stereocenters.